The van der Waals surface area contributed by atoms with E-state index in [9.17, 15) is 13.5 Å². The molecule has 3 nitrogen and oxygen atoms in total. The third-order valence-electron chi connectivity index (χ3n) is 2.60. The van der Waals surface area contributed by atoms with Crippen LogP contribution >= 0.6 is 0 Å². The maximum absolute atomic E-state index is 11.1. The van der Waals surface area contributed by atoms with E-state index in [0.717, 1.165) is 11.8 Å². The largest absolute Gasteiger partial charge is 0.387 e. The van der Waals surface area contributed by atoms with Crippen molar-refractivity contribution in [2.75, 3.05) is 12.0 Å². The van der Waals surface area contributed by atoms with Gasteiger partial charge in [0.2, 0.25) is 0 Å². The Labute approximate surface area is 103 Å². The molecule has 0 amide bonds. The summed E-state index contributed by atoms with van der Waals surface area (Å²) in [4.78, 5) is 0. The molecule has 0 spiro atoms. The molecule has 0 aliphatic carbocycles. The van der Waals surface area contributed by atoms with Gasteiger partial charge in [0.25, 0.3) is 0 Å². The Bertz CT molecular complexity index is 484. The molecule has 1 aromatic carbocycles. The Balaban J connectivity index is 3.00. The molecule has 96 valence electrons. The number of hydrogen-bond acceptors (Lipinski definition) is 3. The normalized spacial score (nSPS) is 14.6. The third kappa shape index (κ3) is 4.48. The van der Waals surface area contributed by atoms with E-state index in [2.05, 4.69) is 20.8 Å². The molecule has 1 N–H and O–H groups in total. The van der Waals surface area contributed by atoms with E-state index in [1.165, 1.54) is 0 Å². The van der Waals surface area contributed by atoms with Crippen molar-refractivity contribution in [3.63, 3.8) is 0 Å². The van der Waals surface area contributed by atoms with E-state index in [4.69, 9.17) is 0 Å². The Morgan fingerprint density at radius 2 is 1.88 bits per heavy atom. The lowest BCUT2D eigenvalue weighted by Crippen LogP contribution is -2.15. The third-order valence-corrected chi connectivity index (χ3v) is 3.52. The van der Waals surface area contributed by atoms with Crippen molar-refractivity contribution in [3.8, 4) is 0 Å². The second kappa shape index (κ2) is 4.78. The monoisotopic (exact) mass is 256 g/mol. The van der Waals surface area contributed by atoms with Gasteiger partial charge in [0.1, 0.15) is 9.84 Å². The maximum Gasteiger partial charge on any atom is 0.150 e. The number of aliphatic hydroxyl groups is 1. The van der Waals surface area contributed by atoms with Crippen LogP contribution in [0.1, 0.15) is 38.0 Å². The van der Waals surface area contributed by atoms with Crippen molar-refractivity contribution < 1.29 is 13.5 Å². The fraction of sp³-hybridized carbons (Fsp3) is 0.538. The molecule has 0 aromatic heterocycles. The Hall–Kier alpha value is -0.870. The van der Waals surface area contributed by atoms with Crippen LogP contribution in [0.5, 0.6) is 0 Å². The quantitative estimate of drug-likeness (QED) is 0.900. The molecule has 1 atom stereocenters. The molecule has 1 aromatic rings. The Morgan fingerprint density at radius 3 is 2.35 bits per heavy atom. The number of aliphatic hydroxyl groups excluding tert-OH is 1. The van der Waals surface area contributed by atoms with Crippen LogP contribution in [0.25, 0.3) is 0 Å². The summed E-state index contributed by atoms with van der Waals surface area (Å²) in [6.45, 7) is 6.24. The highest BCUT2D eigenvalue weighted by Gasteiger charge is 2.18. The van der Waals surface area contributed by atoms with E-state index in [0.29, 0.717) is 5.56 Å². The predicted molar refractivity (Wildman–Crippen MR) is 69.8 cm³/mol. The first-order valence-corrected chi connectivity index (χ1v) is 7.62. The summed E-state index contributed by atoms with van der Waals surface area (Å²) in [6.07, 6.45) is 0.177. The van der Waals surface area contributed by atoms with Gasteiger partial charge in [-0.05, 0) is 16.5 Å². The molecule has 1 unspecified atom stereocenters. The fourth-order valence-corrected chi connectivity index (χ4v) is 2.36. The number of rotatable bonds is 3. The van der Waals surface area contributed by atoms with Gasteiger partial charge in [-0.3, -0.25) is 0 Å². The molecule has 0 radical (unpaired) electrons. The molecule has 0 saturated heterocycles. The number of sulfone groups is 1. The van der Waals surface area contributed by atoms with Gasteiger partial charge in [-0.2, -0.15) is 0 Å². The van der Waals surface area contributed by atoms with Crippen LogP contribution in [-0.4, -0.2) is 25.5 Å². The lowest BCUT2D eigenvalue weighted by Gasteiger charge is -2.20. The van der Waals surface area contributed by atoms with Crippen LogP contribution in [0.2, 0.25) is 0 Å². The maximum atomic E-state index is 11.1. The van der Waals surface area contributed by atoms with Gasteiger partial charge in [0, 0.05) is 6.26 Å². The summed E-state index contributed by atoms with van der Waals surface area (Å²) < 4.78 is 22.3. The van der Waals surface area contributed by atoms with Crippen LogP contribution < -0.4 is 0 Å². The number of hydrogen-bond donors (Lipinski definition) is 1. The van der Waals surface area contributed by atoms with E-state index in [1.807, 2.05) is 18.2 Å². The van der Waals surface area contributed by atoms with Crippen LogP contribution in [0.3, 0.4) is 0 Å². The van der Waals surface area contributed by atoms with Gasteiger partial charge in [-0.15, -0.1) is 0 Å². The molecule has 0 aliphatic rings. The molecule has 17 heavy (non-hydrogen) atoms. The van der Waals surface area contributed by atoms with Gasteiger partial charge in [-0.1, -0.05) is 45.0 Å². The minimum atomic E-state index is -3.17. The van der Waals surface area contributed by atoms with Crippen molar-refractivity contribution in [1.29, 1.82) is 0 Å². The highest BCUT2D eigenvalue weighted by atomic mass is 32.2. The van der Waals surface area contributed by atoms with Crippen molar-refractivity contribution in [2.45, 2.75) is 32.3 Å². The van der Waals surface area contributed by atoms with Crippen LogP contribution in [0.4, 0.5) is 0 Å². The van der Waals surface area contributed by atoms with Crippen molar-refractivity contribution in [1.82, 2.24) is 0 Å². The van der Waals surface area contributed by atoms with Crippen molar-refractivity contribution in [2.24, 2.45) is 0 Å². The lowest BCUT2D eigenvalue weighted by atomic mass is 9.86. The van der Waals surface area contributed by atoms with Gasteiger partial charge < -0.3 is 5.11 Å². The average Bonchev–Trinajstić information content (AvgIpc) is 2.14. The first-order valence-electron chi connectivity index (χ1n) is 5.56. The summed E-state index contributed by atoms with van der Waals surface area (Å²) in [5.41, 5.74) is 1.73. The zero-order chi connectivity index (χ0) is 13.3. The first kappa shape index (κ1) is 14.2. The van der Waals surface area contributed by atoms with Crippen molar-refractivity contribution >= 4 is 9.84 Å². The number of benzene rings is 1. The van der Waals surface area contributed by atoms with E-state index >= 15 is 0 Å². The highest BCUT2D eigenvalue weighted by Crippen LogP contribution is 2.25. The molecule has 4 heteroatoms. The van der Waals surface area contributed by atoms with Crippen LogP contribution in [-0.2, 0) is 15.3 Å². The fourth-order valence-electron chi connectivity index (χ4n) is 1.60. The van der Waals surface area contributed by atoms with Gasteiger partial charge in [0.15, 0.2) is 0 Å². The zero-order valence-corrected chi connectivity index (χ0v) is 11.6. The van der Waals surface area contributed by atoms with E-state index in [-0.39, 0.29) is 11.2 Å². The standard InChI is InChI=1S/C13H20O3S/c1-13(2,3)11-7-5-6-10(8-11)12(14)9-17(4,15)16/h5-8,12,14H,9H2,1-4H3. The Kier molecular flexibility index (Phi) is 3.99. The topological polar surface area (TPSA) is 54.4 Å². The smallest absolute Gasteiger partial charge is 0.150 e. The SMILES string of the molecule is CC(C)(C)c1cccc(C(O)CS(C)(=O)=O)c1. The molecule has 0 fully saturated rings. The van der Waals surface area contributed by atoms with Crippen LogP contribution in [0, 0.1) is 0 Å². The van der Waals surface area contributed by atoms with E-state index < -0.39 is 15.9 Å². The second-order valence-electron chi connectivity index (χ2n) is 5.48. The predicted octanol–water partition coefficient (Wildman–Crippen LogP) is 2.06. The van der Waals surface area contributed by atoms with Crippen molar-refractivity contribution in [3.05, 3.63) is 35.4 Å². The first-order chi connectivity index (χ1) is 7.59. The molecule has 0 saturated carbocycles. The molecule has 0 aliphatic heterocycles. The zero-order valence-electron chi connectivity index (χ0n) is 10.8. The minimum absolute atomic E-state index is 0.0131. The summed E-state index contributed by atoms with van der Waals surface area (Å²) in [5.74, 6) is -0.236. The molecular weight excluding hydrogens is 236 g/mol. The van der Waals surface area contributed by atoms with E-state index in [1.54, 1.807) is 6.07 Å². The molecule has 0 bridgehead atoms. The van der Waals surface area contributed by atoms with Gasteiger partial charge in [-0.25, -0.2) is 8.42 Å². The Morgan fingerprint density at radius 1 is 1.29 bits per heavy atom. The molecule has 0 heterocycles. The average molecular weight is 256 g/mol. The molecular formula is C13H20O3S. The van der Waals surface area contributed by atoms with Crippen LogP contribution in [0.15, 0.2) is 24.3 Å². The highest BCUT2D eigenvalue weighted by molar-refractivity contribution is 7.90. The molecule has 1 rings (SSSR count). The summed E-state index contributed by atoms with van der Waals surface area (Å²) in [5, 5.41) is 9.87. The lowest BCUT2D eigenvalue weighted by molar-refractivity contribution is 0.201. The van der Waals surface area contributed by atoms with Gasteiger partial charge >= 0.3 is 0 Å². The summed E-state index contributed by atoms with van der Waals surface area (Å²) in [6, 6.07) is 7.46. The van der Waals surface area contributed by atoms with Gasteiger partial charge in [0.05, 0.1) is 11.9 Å². The minimum Gasteiger partial charge on any atom is -0.387 e. The summed E-state index contributed by atoms with van der Waals surface area (Å²) in [7, 11) is -3.17. The summed E-state index contributed by atoms with van der Waals surface area (Å²) >= 11 is 0. The second-order valence-corrected chi connectivity index (χ2v) is 7.67.